The van der Waals surface area contributed by atoms with E-state index in [1.54, 1.807) is 6.20 Å². The van der Waals surface area contributed by atoms with Crippen LogP contribution in [0.15, 0.2) is 65.8 Å². The molecule has 4 N–H and O–H groups in total. The molecule has 0 atom stereocenters. The second kappa shape index (κ2) is 11.2. The van der Waals surface area contributed by atoms with Crippen LogP contribution in [0, 0.1) is 0 Å². The predicted molar refractivity (Wildman–Crippen MR) is 149 cm³/mol. The number of ether oxygens (including phenoxy) is 2. The summed E-state index contributed by atoms with van der Waals surface area (Å²) < 4.78 is 13.1. The zero-order chi connectivity index (χ0) is 26.6. The highest BCUT2D eigenvalue weighted by Gasteiger charge is 2.21. The maximum Gasteiger partial charge on any atom is 0.354 e. The zero-order valence-electron chi connectivity index (χ0n) is 21.5. The van der Waals surface area contributed by atoms with Crippen LogP contribution < -0.4 is 31.7 Å². The number of nitrogens with one attached hydrogen (secondary N) is 2. The molecule has 200 valence electrons. The van der Waals surface area contributed by atoms with E-state index in [4.69, 9.17) is 15.2 Å². The minimum Gasteiger partial charge on any atom is -0.450 e. The summed E-state index contributed by atoms with van der Waals surface area (Å²) in [6, 6.07) is 13.6. The first-order chi connectivity index (χ1) is 19.2. The van der Waals surface area contributed by atoms with Gasteiger partial charge in [0.05, 0.1) is 30.8 Å². The highest BCUT2D eigenvalue weighted by molar-refractivity contribution is 5.77. The molecule has 1 saturated heterocycles. The lowest BCUT2D eigenvalue weighted by Gasteiger charge is -2.26. The van der Waals surface area contributed by atoms with Crippen molar-refractivity contribution in [3.8, 4) is 28.3 Å². The normalized spacial score (nSPS) is 14.2. The Morgan fingerprint density at radius 1 is 1.00 bits per heavy atom. The van der Waals surface area contributed by atoms with Crippen LogP contribution in [0.3, 0.4) is 0 Å². The van der Waals surface area contributed by atoms with E-state index < -0.39 is 5.69 Å². The lowest BCUT2D eigenvalue weighted by atomic mass is 10.1. The topological polar surface area (TPSA) is 132 Å². The third kappa shape index (κ3) is 5.46. The number of nitrogens with two attached hydrogens (primary N) is 1. The number of aromatic nitrogens is 4. The number of nitrogens with zero attached hydrogens (tertiary/aromatic N) is 5. The molecule has 6 rings (SSSR count). The minimum absolute atomic E-state index is 0.385. The van der Waals surface area contributed by atoms with E-state index in [0.29, 0.717) is 48.7 Å². The number of fused-ring (bicyclic) bond motifs is 2. The Morgan fingerprint density at radius 3 is 2.56 bits per heavy atom. The highest BCUT2D eigenvalue weighted by Crippen LogP contribution is 2.42. The Kier molecular flexibility index (Phi) is 7.17. The third-order valence-electron chi connectivity index (χ3n) is 6.71. The van der Waals surface area contributed by atoms with E-state index >= 15 is 0 Å². The standard InChI is InChI=1S/C28H30N8O3/c29-8-1-9-30-15-19-2-5-22(6-3-19)36-18-25-26(34-28(36)37)33-23-7-4-20(14-24(23)39-25)21-16-31-27(32-17-21)35-10-12-38-13-11-35/h2-7,14,16-18,30H,1,8-13,15,29H2,(H,33,34,37). The smallest absolute Gasteiger partial charge is 0.354 e. The molecule has 11 nitrogen and oxygen atoms in total. The van der Waals surface area contributed by atoms with Crippen molar-refractivity contribution in [2.75, 3.05) is 49.6 Å². The van der Waals surface area contributed by atoms with Gasteiger partial charge >= 0.3 is 5.69 Å². The van der Waals surface area contributed by atoms with Crippen LogP contribution in [0.2, 0.25) is 0 Å². The molecular weight excluding hydrogens is 496 g/mol. The molecule has 0 spiro atoms. The molecule has 39 heavy (non-hydrogen) atoms. The molecule has 2 aliphatic heterocycles. The molecule has 1 fully saturated rings. The molecule has 0 aliphatic carbocycles. The monoisotopic (exact) mass is 526 g/mol. The molecule has 0 radical (unpaired) electrons. The van der Waals surface area contributed by atoms with E-state index in [1.807, 2.05) is 54.9 Å². The molecule has 0 saturated carbocycles. The second-order valence-electron chi connectivity index (χ2n) is 9.40. The summed E-state index contributed by atoms with van der Waals surface area (Å²) >= 11 is 0. The molecule has 0 bridgehead atoms. The molecular formula is C28H30N8O3. The minimum atomic E-state index is -0.392. The van der Waals surface area contributed by atoms with Crippen molar-refractivity contribution in [3.05, 3.63) is 77.1 Å². The number of morpholine rings is 1. The summed E-state index contributed by atoms with van der Waals surface area (Å²) in [5.41, 5.74) is 9.51. The number of hydrogen-bond donors (Lipinski definition) is 3. The maximum atomic E-state index is 12.8. The maximum absolute atomic E-state index is 12.8. The fourth-order valence-corrected chi connectivity index (χ4v) is 4.55. The van der Waals surface area contributed by atoms with E-state index in [9.17, 15) is 4.79 Å². The zero-order valence-corrected chi connectivity index (χ0v) is 21.5. The summed E-state index contributed by atoms with van der Waals surface area (Å²) in [5.74, 6) is 2.18. The van der Waals surface area contributed by atoms with Crippen LogP contribution in [-0.4, -0.2) is 58.9 Å². The van der Waals surface area contributed by atoms with Crippen molar-refractivity contribution in [3.63, 3.8) is 0 Å². The van der Waals surface area contributed by atoms with Gasteiger partial charge in [0.15, 0.2) is 17.3 Å². The molecule has 11 heteroatoms. The van der Waals surface area contributed by atoms with Crippen LogP contribution in [-0.2, 0) is 11.3 Å². The Labute approximate surface area is 225 Å². The molecule has 2 aromatic carbocycles. The van der Waals surface area contributed by atoms with Crippen LogP contribution in [0.25, 0.3) is 16.8 Å². The third-order valence-corrected chi connectivity index (χ3v) is 6.71. The van der Waals surface area contributed by atoms with Gasteiger partial charge in [-0.1, -0.05) is 18.2 Å². The van der Waals surface area contributed by atoms with Gasteiger partial charge in [-0.25, -0.2) is 14.8 Å². The summed E-state index contributed by atoms with van der Waals surface area (Å²) in [7, 11) is 0. The van der Waals surface area contributed by atoms with Gasteiger partial charge in [0.2, 0.25) is 5.95 Å². The van der Waals surface area contributed by atoms with Gasteiger partial charge in [-0.15, -0.1) is 0 Å². The SMILES string of the molecule is NCCCNCc1ccc(-n2cc3c(nc2=O)Nc2ccc(-c4cnc(N5CCOCC5)nc4)cc2O3)cc1. The van der Waals surface area contributed by atoms with Gasteiger partial charge in [0.25, 0.3) is 0 Å². The van der Waals surface area contributed by atoms with Crippen LogP contribution >= 0.6 is 0 Å². The van der Waals surface area contributed by atoms with Crippen molar-refractivity contribution in [1.29, 1.82) is 0 Å². The van der Waals surface area contributed by atoms with Crippen molar-refractivity contribution >= 4 is 17.5 Å². The average Bonchev–Trinajstić information content (AvgIpc) is 2.99. The fourth-order valence-electron chi connectivity index (χ4n) is 4.55. The second-order valence-corrected chi connectivity index (χ2v) is 9.40. The number of hydrogen-bond acceptors (Lipinski definition) is 10. The Bertz CT molecular complexity index is 1500. The average molecular weight is 527 g/mol. The summed E-state index contributed by atoms with van der Waals surface area (Å²) in [6.07, 6.45) is 6.24. The van der Waals surface area contributed by atoms with Crippen molar-refractivity contribution < 1.29 is 9.47 Å². The van der Waals surface area contributed by atoms with Gasteiger partial charge in [0.1, 0.15) is 0 Å². The first kappa shape index (κ1) is 25.0. The van der Waals surface area contributed by atoms with E-state index in [1.165, 1.54) is 4.57 Å². The molecule has 0 unspecified atom stereocenters. The lowest BCUT2D eigenvalue weighted by molar-refractivity contribution is 0.122. The van der Waals surface area contributed by atoms with Gasteiger partial charge in [-0.05, 0) is 54.9 Å². The summed E-state index contributed by atoms with van der Waals surface area (Å²) in [5, 5.41) is 6.57. The predicted octanol–water partition coefficient (Wildman–Crippen LogP) is 2.81. The molecule has 4 aromatic rings. The first-order valence-electron chi connectivity index (χ1n) is 13.1. The Hall–Kier alpha value is -4.32. The van der Waals surface area contributed by atoms with Crippen molar-refractivity contribution in [2.45, 2.75) is 13.0 Å². The highest BCUT2D eigenvalue weighted by atomic mass is 16.5. The lowest BCUT2D eigenvalue weighted by Crippen LogP contribution is -2.37. The van der Waals surface area contributed by atoms with Crippen molar-refractivity contribution in [2.24, 2.45) is 5.73 Å². The van der Waals surface area contributed by atoms with Gasteiger partial charge in [-0.3, -0.25) is 4.57 Å². The Balaban J connectivity index is 1.20. The first-order valence-corrected chi connectivity index (χ1v) is 13.1. The summed E-state index contributed by atoms with van der Waals surface area (Å²) in [4.78, 5) is 28.3. The van der Waals surface area contributed by atoms with E-state index in [0.717, 1.165) is 55.0 Å². The fraction of sp³-hybridized carbons (Fsp3) is 0.286. The quantitative estimate of drug-likeness (QED) is 0.259. The van der Waals surface area contributed by atoms with Gasteiger partial charge < -0.3 is 30.7 Å². The van der Waals surface area contributed by atoms with Crippen LogP contribution in [0.5, 0.6) is 11.5 Å². The van der Waals surface area contributed by atoms with Gasteiger partial charge in [-0.2, -0.15) is 4.98 Å². The van der Waals surface area contributed by atoms with Gasteiger partial charge in [0, 0.05) is 37.6 Å². The molecule has 4 heterocycles. The number of benzene rings is 2. The number of anilines is 3. The van der Waals surface area contributed by atoms with E-state index in [-0.39, 0.29) is 0 Å². The molecule has 2 aromatic heterocycles. The molecule has 0 amide bonds. The molecule has 2 aliphatic rings. The largest absolute Gasteiger partial charge is 0.450 e. The number of rotatable bonds is 8. The van der Waals surface area contributed by atoms with Crippen molar-refractivity contribution in [1.82, 2.24) is 24.8 Å². The Morgan fingerprint density at radius 2 is 1.79 bits per heavy atom. The van der Waals surface area contributed by atoms with E-state index in [2.05, 4.69) is 30.5 Å². The van der Waals surface area contributed by atoms with Crippen LogP contribution in [0.4, 0.5) is 17.5 Å². The van der Waals surface area contributed by atoms with Crippen LogP contribution in [0.1, 0.15) is 12.0 Å². The summed E-state index contributed by atoms with van der Waals surface area (Å²) in [6.45, 7) is 5.21.